The molecule has 2 heterocycles. The van der Waals surface area contributed by atoms with Gasteiger partial charge in [0, 0.05) is 12.2 Å². The number of benzene rings is 1. The van der Waals surface area contributed by atoms with Gasteiger partial charge in [0.15, 0.2) is 0 Å². The number of aryl methyl sites for hydroxylation is 1. The first kappa shape index (κ1) is 16.6. The lowest BCUT2D eigenvalue weighted by Gasteiger charge is -2.34. The highest BCUT2D eigenvalue weighted by atomic mass is 32.1. The number of amides is 2. The van der Waals surface area contributed by atoms with E-state index >= 15 is 0 Å². The van der Waals surface area contributed by atoms with Gasteiger partial charge in [-0.3, -0.25) is 9.59 Å². The Balaban J connectivity index is 1.77. The molecule has 24 heavy (non-hydrogen) atoms. The van der Waals surface area contributed by atoms with Crippen molar-refractivity contribution in [2.45, 2.75) is 32.2 Å². The molecule has 2 aromatic rings. The summed E-state index contributed by atoms with van der Waals surface area (Å²) in [5.41, 5.74) is 1.24. The third kappa shape index (κ3) is 3.48. The minimum Gasteiger partial charge on any atom is -0.326 e. The normalized spacial score (nSPS) is 17.6. The van der Waals surface area contributed by atoms with Gasteiger partial charge in [-0.15, -0.1) is 11.3 Å². The monoisotopic (exact) mass is 346 g/mol. The second-order valence-electron chi connectivity index (χ2n) is 5.94. The highest BCUT2D eigenvalue weighted by Crippen LogP contribution is 2.24. The molecule has 2 amide bonds. The number of piperidine rings is 1. The summed E-state index contributed by atoms with van der Waals surface area (Å²) in [6, 6.07) is 7.37. The van der Waals surface area contributed by atoms with Crippen LogP contribution in [0.15, 0.2) is 35.7 Å². The van der Waals surface area contributed by atoms with Crippen LogP contribution >= 0.6 is 11.3 Å². The van der Waals surface area contributed by atoms with Crippen LogP contribution in [-0.2, 0) is 4.79 Å². The van der Waals surface area contributed by atoms with Crippen molar-refractivity contribution in [3.63, 3.8) is 0 Å². The van der Waals surface area contributed by atoms with Crippen LogP contribution in [0.5, 0.6) is 0 Å². The van der Waals surface area contributed by atoms with Gasteiger partial charge in [0.2, 0.25) is 5.91 Å². The number of halogens is 1. The van der Waals surface area contributed by atoms with Gasteiger partial charge in [-0.05, 0) is 61.4 Å². The minimum absolute atomic E-state index is 0.0966. The van der Waals surface area contributed by atoms with Crippen molar-refractivity contribution in [3.8, 4) is 0 Å². The molecule has 1 atom stereocenters. The highest BCUT2D eigenvalue weighted by molar-refractivity contribution is 7.12. The predicted molar refractivity (Wildman–Crippen MR) is 92.8 cm³/mol. The van der Waals surface area contributed by atoms with Gasteiger partial charge >= 0.3 is 0 Å². The molecule has 0 unspecified atom stereocenters. The number of rotatable bonds is 3. The Morgan fingerprint density at radius 1 is 1.29 bits per heavy atom. The number of hydrogen-bond acceptors (Lipinski definition) is 3. The fourth-order valence-electron chi connectivity index (χ4n) is 2.97. The van der Waals surface area contributed by atoms with E-state index in [9.17, 15) is 14.0 Å². The second-order valence-corrected chi connectivity index (χ2v) is 6.88. The molecule has 6 heteroatoms. The Morgan fingerprint density at radius 3 is 2.83 bits per heavy atom. The third-order valence-electron chi connectivity index (χ3n) is 4.24. The molecule has 0 aliphatic carbocycles. The van der Waals surface area contributed by atoms with Gasteiger partial charge in [0.25, 0.3) is 5.91 Å². The molecule has 0 spiro atoms. The minimum atomic E-state index is -0.488. The summed E-state index contributed by atoms with van der Waals surface area (Å²) in [7, 11) is 0. The van der Waals surface area contributed by atoms with Gasteiger partial charge in [-0.1, -0.05) is 6.07 Å². The first-order chi connectivity index (χ1) is 11.6. The largest absolute Gasteiger partial charge is 0.326 e. The van der Waals surface area contributed by atoms with Crippen LogP contribution in [0, 0.1) is 12.7 Å². The summed E-state index contributed by atoms with van der Waals surface area (Å²) in [4.78, 5) is 27.6. The number of anilines is 1. The summed E-state index contributed by atoms with van der Waals surface area (Å²) >= 11 is 1.38. The van der Waals surface area contributed by atoms with Crippen molar-refractivity contribution in [2.75, 3.05) is 11.9 Å². The summed E-state index contributed by atoms with van der Waals surface area (Å²) in [5, 5.41) is 4.70. The van der Waals surface area contributed by atoms with Gasteiger partial charge < -0.3 is 10.2 Å². The van der Waals surface area contributed by atoms with Crippen LogP contribution in [0.25, 0.3) is 0 Å². The molecular formula is C18H19FN2O2S. The molecule has 1 N–H and O–H groups in total. The van der Waals surface area contributed by atoms with Gasteiger partial charge in [0.05, 0.1) is 4.88 Å². The zero-order valence-corrected chi connectivity index (χ0v) is 14.2. The molecule has 0 radical (unpaired) electrons. The average molecular weight is 346 g/mol. The quantitative estimate of drug-likeness (QED) is 0.918. The molecular weight excluding hydrogens is 327 g/mol. The molecule has 1 aliphatic heterocycles. The summed E-state index contributed by atoms with van der Waals surface area (Å²) < 4.78 is 13.2. The molecule has 3 rings (SSSR count). The van der Waals surface area contributed by atoms with Crippen LogP contribution in [0.4, 0.5) is 10.1 Å². The smallest absolute Gasteiger partial charge is 0.264 e. The summed E-state index contributed by atoms with van der Waals surface area (Å²) in [5.74, 6) is -0.646. The zero-order valence-electron chi connectivity index (χ0n) is 13.4. The Labute approximate surface area is 144 Å². The molecule has 1 saturated heterocycles. The lowest BCUT2D eigenvalue weighted by Crippen LogP contribution is -2.49. The number of carbonyl (C=O) groups is 2. The molecule has 0 bridgehead atoms. The lowest BCUT2D eigenvalue weighted by molar-refractivity contribution is -0.121. The highest BCUT2D eigenvalue weighted by Gasteiger charge is 2.33. The van der Waals surface area contributed by atoms with Crippen LogP contribution in [-0.4, -0.2) is 29.3 Å². The van der Waals surface area contributed by atoms with Crippen molar-refractivity contribution in [3.05, 3.63) is 52.0 Å². The predicted octanol–water partition coefficient (Wildman–Crippen LogP) is 3.83. The van der Waals surface area contributed by atoms with Crippen LogP contribution in [0.1, 0.15) is 34.5 Å². The number of thiophene rings is 1. The van der Waals surface area contributed by atoms with Crippen molar-refractivity contribution in [2.24, 2.45) is 0 Å². The average Bonchev–Trinajstić information content (AvgIpc) is 3.11. The maximum absolute atomic E-state index is 13.2. The lowest BCUT2D eigenvalue weighted by atomic mass is 10.0. The maximum Gasteiger partial charge on any atom is 0.264 e. The summed E-state index contributed by atoms with van der Waals surface area (Å²) in [6.07, 6.45) is 2.45. The summed E-state index contributed by atoms with van der Waals surface area (Å²) in [6.45, 7) is 2.32. The van der Waals surface area contributed by atoms with Crippen molar-refractivity contribution in [1.82, 2.24) is 4.90 Å². The van der Waals surface area contributed by atoms with Gasteiger partial charge in [-0.25, -0.2) is 4.39 Å². The standard InChI is InChI=1S/C18H19FN2O2S/c1-12-11-13(19)7-8-14(12)20-17(22)15-5-2-3-9-21(15)18(23)16-6-4-10-24-16/h4,6-8,10-11,15H,2-3,5,9H2,1H3,(H,20,22)/t15-/m0/s1. The fourth-order valence-corrected chi connectivity index (χ4v) is 3.65. The Morgan fingerprint density at radius 2 is 2.12 bits per heavy atom. The van der Waals surface area contributed by atoms with Crippen molar-refractivity contribution >= 4 is 28.8 Å². The molecule has 1 aromatic heterocycles. The van der Waals surface area contributed by atoms with E-state index in [0.29, 0.717) is 29.1 Å². The van der Waals surface area contributed by atoms with E-state index in [1.165, 1.54) is 23.5 Å². The number of nitrogens with one attached hydrogen (secondary N) is 1. The van der Waals surface area contributed by atoms with E-state index in [2.05, 4.69) is 5.32 Å². The van der Waals surface area contributed by atoms with E-state index in [1.807, 2.05) is 11.4 Å². The van der Waals surface area contributed by atoms with Crippen LogP contribution in [0.2, 0.25) is 0 Å². The number of carbonyl (C=O) groups excluding carboxylic acids is 2. The Bertz CT molecular complexity index is 745. The number of likely N-dealkylation sites (tertiary alicyclic amines) is 1. The number of nitrogens with zero attached hydrogens (tertiary/aromatic N) is 1. The Kier molecular flexibility index (Phi) is 4.94. The van der Waals surface area contributed by atoms with E-state index in [4.69, 9.17) is 0 Å². The van der Waals surface area contributed by atoms with E-state index in [-0.39, 0.29) is 17.6 Å². The Hall–Kier alpha value is -2.21. The van der Waals surface area contributed by atoms with E-state index < -0.39 is 6.04 Å². The second kappa shape index (κ2) is 7.13. The zero-order chi connectivity index (χ0) is 17.1. The van der Waals surface area contributed by atoms with Crippen LogP contribution < -0.4 is 5.32 Å². The molecule has 126 valence electrons. The third-order valence-corrected chi connectivity index (χ3v) is 5.10. The molecule has 4 nitrogen and oxygen atoms in total. The first-order valence-electron chi connectivity index (χ1n) is 7.98. The van der Waals surface area contributed by atoms with Crippen molar-refractivity contribution < 1.29 is 14.0 Å². The van der Waals surface area contributed by atoms with E-state index in [1.54, 1.807) is 24.0 Å². The fraction of sp³-hybridized carbons (Fsp3) is 0.333. The van der Waals surface area contributed by atoms with Gasteiger partial charge in [0.1, 0.15) is 11.9 Å². The van der Waals surface area contributed by atoms with Crippen molar-refractivity contribution in [1.29, 1.82) is 0 Å². The number of hydrogen-bond donors (Lipinski definition) is 1. The van der Waals surface area contributed by atoms with Crippen LogP contribution in [0.3, 0.4) is 0 Å². The topological polar surface area (TPSA) is 49.4 Å². The van der Waals surface area contributed by atoms with E-state index in [0.717, 1.165) is 12.8 Å². The first-order valence-corrected chi connectivity index (χ1v) is 8.86. The maximum atomic E-state index is 13.2. The SMILES string of the molecule is Cc1cc(F)ccc1NC(=O)[C@@H]1CCCCN1C(=O)c1cccs1. The molecule has 0 saturated carbocycles. The molecule has 1 fully saturated rings. The van der Waals surface area contributed by atoms with Gasteiger partial charge in [-0.2, -0.15) is 0 Å². The molecule has 1 aromatic carbocycles. The molecule has 1 aliphatic rings.